The monoisotopic (exact) mass is 922 g/mol. The van der Waals surface area contributed by atoms with Crippen molar-refractivity contribution in [3.05, 3.63) is 29.8 Å². The number of carbonyl (C=O) groups excluding carboxylic acids is 7. The van der Waals surface area contributed by atoms with Crippen molar-refractivity contribution in [1.29, 1.82) is 0 Å². The van der Waals surface area contributed by atoms with E-state index < -0.39 is 126 Å². The summed E-state index contributed by atoms with van der Waals surface area (Å²) in [6.07, 6.45) is -13.2. The van der Waals surface area contributed by atoms with Gasteiger partial charge in [0.1, 0.15) is 37.0 Å². The molecule has 2 heterocycles. The number of ether oxygens (including phenoxy) is 11. The smallest absolute Gasteiger partial charge is 0.303 e. The highest BCUT2D eigenvalue weighted by atomic mass is 32.2. The minimum absolute atomic E-state index is 0.0441. The fraction of sp³-hybridized carbons (Fsp3) is 0.667. The van der Waals surface area contributed by atoms with Gasteiger partial charge in [0, 0.05) is 61.7 Å². The molecule has 0 spiro atoms. The number of hydrogen-bond donors (Lipinski definition) is 0. The van der Waals surface area contributed by atoms with Crippen LogP contribution >= 0.6 is 11.8 Å². The quantitative estimate of drug-likeness (QED) is 0.0695. The molecule has 62 heavy (non-hydrogen) atoms. The summed E-state index contributed by atoms with van der Waals surface area (Å²) in [5, 5.41) is 0. The van der Waals surface area contributed by atoms with Gasteiger partial charge in [0.15, 0.2) is 36.8 Å². The molecule has 2 fully saturated rings. The number of rotatable bonds is 22. The van der Waals surface area contributed by atoms with Crippen LogP contribution < -0.4 is 0 Å². The molecular formula is C39H54O21S2. The molecule has 2 aliphatic heterocycles. The molecule has 1 aromatic rings. The molecule has 0 bridgehead atoms. The number of carbonyl (C=O) groups is 7. The Labute approximate surface area is 363 Å². The van der Waals surface area contributed by atoms with Gasteiger partial charge in [0.05, 0.1) is 11.5 Å². The van der Waals surface area contributed by atoms with Gasteiger partial charge in [-0.25, -0.2) is 0 Å². The van der Waals surface area contributed by atoms with E-state index in [2.05, 4.69) is 0 Å². The van der Waals surface area contributed by atoms with E-state index in [1.165, 1.54) is 12.1 Å². The predicted octanol–water partition coefficient (Wildman–Crippen LogP) is 1.85. The Morgan fingerprint density at radius 1 is 0.565 bits per heavy atom. The lowest BCUT2D eigenvalue weighted by molar-refractivity contribution is -0.341. The molecule has 348 valence electrons. The second-order valence-corrected chi connectivity index (χ2v) is 16.8. The molecule has 21 nitrogen and oxygen atoms in total. The van der Waals surface area contributed by atoms with Gasteiger partial charge in [-0.1, -0.05) is 17.7 Å². The summed E-state index contributed by atoms with van der Waals surface area (Å²) < 4.78 is 92.6. The maximum atomic E-state index is 12.7. The van der Waals surface area contributed by atoms with Crippen LogP contribution in [-0.2, 0) is 100.0 Å². The van der Waals surface area contributed by atoms with Crippen molar-refractivity contribution in [2.75, 3.05) is 38.8 Å². The van der Waals surface area contributed by atoms with Crippen LogP contribution in [0.25, 0.3) is 0 Å². The third-order valence-electron chi connectivity index (χ3n) is 8.58. The molecule has 0 radical (unpaired) electrons. The molecule has 0 unspecified atom stereocenters. The number of hydrogen-bond acceptors (Lipinski definition) is 22. The molecule has 10 atom stereocenters. The Bertz CT molecular complexity index is 1800. The first-order valence-electron chi connectivity index (χ1n) is 19.4. The van der Waals surface area contributed by atoms with Crippen LogP contribution in [0.2, 0.25) is 0 Å². The lowest BCUT2D eigenvalue weighted by atomic mass is 9.96. The van der Waals surface area contributed by atoms with Crippen LogP contribution in [-0.4, -0.2) is 150 Å². The lowest BCUT2D eigenvalue weighted by Crippen LogP contribution is -2.66. The zero-order valence-electron chi connectivity index (χ0n) is 35.6. The van der Waals surface area contributed by atoms with E-state index in [1.54, 1.807) is 12.1 Å². The SMILES string of the molecule is CC(=O)OC[C@H]1O[C@@H](O[C@H]2[C@H](OC(C)=O)[C@@H](OC(C)=O)[C@H](SCCCOCCCOS(=O)(=O)c3ccc(C)cc3)O[C@@H]2COC(C)=O)[C@H](OC(C)=O)[C@@H](OC(C)=O)[C@H]1OC(C)=O. The Kier molecular flexibility index (Phi) is 21.0. The average molecular weight is 923 g/mol. The predicted molar refractivity (Wildman–Crippen MR) is 210 cm³/mol. The van der Waals surface area contributed by atoms with Crippen LogP contribution in [0.1, 0.15) is 66.9 Å². The van der Waals surface area contributed by atoms with E-state index in [-0.39, 0.29) is 31.1 Å². The zero-order valence-corrected chi connectivity index (χ0v) is 37.3. The van der Waals surface area contributed by atoms with Gasteiger partial charge >= 0.3 is 41.8 Å². The van der Waals surface area contributed by atoms with Crippen molar-refractivity contribution >= 4 is 63.7 Å². The van der Waals surface area contributed by atoms with Crippen molar-refractivity contribution in [1.82, 2.24) is 0 Å². The van der Waals surface area contributed by atoms with Gasteiger partial charge in [-0.3, -0.25) is 37.7 Å². The topological polar surface area (TPSA) is 264 Å². The molecule has 23 heteroatoms. The highest BCUT2D eigenvalue weighted by Gasteiger charge is 2.57. The second kappa shape index (κ2) is 25.0. The first kappa shape index (κ1) is 52.0. The van der Waals surface area contributed by atoms with Gasteiger partial charge in [-0.15, -0.1) is 11.8 Å². The van der Waals surface area contributed by atoms with Crippen LogP contribution in [0.5, 0.6) is 0 Å². The second-order valence-electron chi connectivity index (χ2n) is 13.9. The summed E-state index contributed by atoms with van der Waals surface area (Å²) in [6.45, 7) is 8.58. The number of esters is 7. The molecular weight excluding hydrogens is 869 g/mol. The third-order valence-corrected chi connectivity index (χ3v) is 11.1. The van der Waals surface area contributed by atoms with Crippen molar-refractivity contribution < 1.29 is 98.3 Å². The molecule has 1 aromatic carbocycles. The van der Waals surface area contributed by atoms with Gasteiger partial charge in [0.25, 0.3) is 10.1 Å². The van der Waals surface area contributed by atoms with Crippen molar-refractivity contribution in [3.63, 3.8) is 0 Å². The Hall–Kier alpha value is -4.39. The minimum atomic E-state index is -3.93. The Morgan fingerprint density at radius 2 is 1.03 bits per heavy atom. The maximum absolute atomic E-state index is 12.7. The van der Waals surface area contributed by atoms with Gasteiger partial charge in [-0.2, -0.15) is 8.42 Å². The van der Waals surface area contributed by atoms with E-state index in [9.17, 15) is 42.0 Å². The number of aryl methyl sites for hydroxylation is 1. The van der Waals surface area contributed by atoms with Gasteiger partial charge < -0.3 is 52.1 Å². The van der Waals surface area contributed by atoms with E-state index in [0.717, 1.165) is 65.8 Å². The van der Waals surface area contributed by atoms with Gasteiger partial charge in [-0.05, 0) is 37.7 Å². The standard InChI is InChI=1S/C39H54O21S2/c1-21-11-13-29(14-12-21)62(47,48)52-17-9-15-49-16-10-18-61-39-37(57-28(8)46)35(55-26(6)44)33(31(59-39)20-51-23(3)41)60-38-36(56-27(7)45)34(54-25(5)43)32(53-24(4)42)30(58-38)19-50-22(2)40/h11-14,30-39H,9-10,15-20H2,1-8H3/t30-,31-,32+,33-,34+,35+,36-,37-,38+,39+/m1/s1. The molecule has 2 saturated heterocycles. The van der Waals surface area contributed by atoms with Crippen LogP contribution in [0.4, 0.5) is 0 Å². The summed E-state index contributed by atoms with van der Waals surface area (Å²) in [4.78, 5) is 86.3. The molecule has 0 aromatic heterocycles. The van der Waals surface area contributed by atoms with E-state index in [4.69, 9.17) is 56.3 Å². The molecule has 2 aliphatic rings. The van der Waals surface area contributed by atoms with Crippen molar-refractivity contribution in [2.24, 2.45) is 0 Å². The molecule has 0 saturated carbocycles. The molecule has 0 N–H and O–H groups in total. The Balaban J connectivity index is 1.85. The number of benzene rings is 1. The first-order chi connectivity index (χ1) is 29.2. The molecule has 3 rings (SSSR count). The zero-order chi connectivity index (χ0) is 46.1. The average Bonchev–Trinajstić information content (AvgIpc) is 3.16. The first-order valence-corrected chi connectivity index (χ1v) is 21.9. The van der Waals surface area contributed by atoms with Crippen molar-refractivity contribution in [3.8, 4) is 0 Å². The lowest BCUT2D eigenvalue weighted by Gasteiger charge is -2.48. The largest absolute Gasteiger partial charge is 0.463 e. The number of thioether (sulfide) groups is 1. The highest BCUT2D eigenvalue weighted by molar-refractivity contribution is 7.99. The minimum Gasteiger partial charge on any atom is -0.463 e. The Morgan fingerprint density at radius 3 is 1.56 bits per heavy atom. The normalized spacial score (nSPS) is 26.0. The van der Waals surface area contributed by atoms with Crippen molar-refractivity contribution in [2.45, 2.75) is 134 Å². The van der Waals surface area contributed by atoms with Crippen LogP contribution in [0.3, 0.4) is 0 Å². The third kappa shape index (κ3) is 17.1. The van der Waals surface area contributed by atoms with Crippen LogP contribution in [0, 0.1) is 6.92 Å². The molecule has 0 amide bonds. The van der Waals surface area contributed by atoms with E-state index in [1.807, 2.05) is 6.92 Å². The fourth-order valence-electron chi connectivity index (χ4n) is 6.17. The fourth-order valence-corrected chi connectivity index (χ4v) is 8.25. The molecule has 0 aliphatic carbocycles. The van der Waals surface area contributed by atoms with E-state index >= 15 is 0 Å². The van der Waals surface area contributed by atoms with Crippen LogP contribution in [0.15, 0.2) is 29.2 Å². The maximum Gasteiger partial charge on any atom is 0.303 e. The van der Waals surface area contributed by atoms with E-state index in [0.29, 0.717) is 12.2 Å². The highest BCUT2D eigenvalue weighted by Crippen LogP contribution is 2.38. The summed E-state index contributed by atoms with van der Waals surface area (Å²) in [5.74, 6) is -5.52. The summed E-state index contributed by atoms with van der Waals surface area (Å²) in [6, 6.07) is 6.26. The summed E-state index contributed by atoms with van der Waals surface area (Å²) >= 11 is 1.14. The summed E-state index contributed by atoms with van der Waals surface area (Å²) in [5.41, 5.74) is -0.181. The summed E-state index contributed by atoms with van der Waals surface area (Å²) in [7, 11) is -3.93. The van der Waals surface area contributed by atoms with Gasteiger partial charge in [0.2, 0.25) is 0 Å².